The van der Waals surface area contributed by atoms with Crippen LogP contribution in [-0.2, 0) is 6.42 Å². The summed E-state index contributed by atoms with van der Waals surface area (Å²) >= 11 is 0. The molecule has 3 heterocycles. The van der Waals surface area contributed by atoms with Crippen LogP contribution >= 0.6 is 0 Å². The number of nitriles is 1. The lowest BCUT2D eigenvalue weighted by Crippen LogP contribution is -2.47. The van der Waals surface area contributed by atoms with Gasteiger partial charge in [0.15, 0.2) is 5.82 Å². The maximum Gasteiger partial charge on any atom is 0.154 e. The van der Waals surface area contributed by atoms with Crippen molar-refractivity contribution >= 4 is 11.5 Å². The van der Waals surface area contributed by atoms with Crippen molar-refractivity contribution in [1.82, 2.24) is 15.2 Å². The van der Waals surface area contributed by atoms with Crippen LogP contribution in [0, 0.1) is 31.0 Å². The van der Waals surface area contributed by atoms with Crippen LogP contribution in [0.4, 0.5) is 15.9 Å². The molecule has 1 fully saturated rings. The highest BCUT2D eigenvalue weighted by Gasteiger charge is 2.23. The van der Waals surface area contributed by atoms with Gasteiger partial charge in [-0.1, -0.05) is 12.1 Å². The lowest BCUT2D eigenvalue weighted by molar-refractivity contribution is 0.627. The van der Waals surface area contributed by atoms with Crippen molar-refractivity contribution in [3.05, 3.63) is 76.5 Å². The van der Waals surface area contributed by atoms with Crippen LogP contribution in [0.2, 0.25) is 0 Å². The summed E-state index contributed by atoms with van der Waals surface area (Å²) in [4.78, 5) is 8.51. The minimum absolute atomic E-state index is 0.235. The molecule has 0 N–H and O–H groups in total. The molecular weight excluding hydrogens is 379 g/mol. The molecule has 1 saturated heterocycles. The molecule has 152 valence electrons. The molecule has 3 aromatic rings. The molecule has 1 aromatic carbocycles. The first-order valence-electron chi connectivity index (χ1n) is 9.98. The normalized spacial score (nSPS) is 13.9. The minimum Gasteiger partial charge on any atom is -0.367 e. The van der Waals surface area contributed by atoms with Crippen molar-refractivity contribution in [3.8, 4) is 6.07 Å². The number of aromatic nitrogens is 3. The highest BCUT2D eigenvalue weighted by atomic mass is 19.1. The van der Waals surface area contributed by atoms with Gasteiger partial charge in [0.1, 0.15) is 11.9 Å². The second kappa shape index (κ2) is 8.46. The van der Waals surface area contributed by atoms with E-state index in [1.807, 2.05) is 6.07 Å². The van der Waals surface area contributed by atoms with Crippen molar-refractivity contribution in [3.63, 3.8) is 0 Å². The van der Waals surface area contributed by atoms with E-state index in [1.54, 1.807) is 24.5 Å². The van der Waals surface area contributed by atoms with E-state index in [4.69, 9.17) is 0 Å². The highest BCUT2D eigenvalue weighted by Crippen LogP contribution is 2.26. The number of piperazine rings is 1. The molecule has 2 aromatic heterocycles. The fraction of sp³-hybridized carbons (Fsp3) is 0.304. The molecule has 0 amide bonds. The fourth-order valence-corrected chi connectivity index (χ4v) is 3.81. The summed E-state index contributed by atoms with van der Waals surface area (Å²) in [6.07, 6.45) is 3.97. The van der Waals surface area contributed by atoms with Crippen LogP contribution in [0.15, 0.2) is 42.7 Å². The molecule has 7 heteroatoms. The predicted octanol–water partition coefficient (Wildman–Crippen LogP) is 3.42. The monoisotopic (exact) mass is 402 g/mol. The van der Waals surface area contributed by atoms with Gasteiger partial charge in [-0.25, -0.2) is 4.39 Å². The van der Waals surface area contributed by atoms with E-state index in [1.165, 1.54) is 12.1 Å². The van der Waals surface area contributed by atoms with Gasteiger partial charge in [0.2, 0.25) is 0 Å². The molecule has 0 radical (unpaired) electrons. The van der Waals surface area contributed by atoms with Gasteiger partial charge < -0.3 is 9.80 Å². The summed E-state index contributed by atoms with van der Waals surface area (Å²) < 4.78 is 13.2. The first-order chi connectivity index (χ1) is 14.6. The Kier molecular flexibility index (Phi) is 5.57. The molecular formula is C23H23FN6. The Balaban J connectivity index is 1.48. The Labute approximate surface area is 175 Å². The molecule has 0 aliphatic carbocycles. The predicted molar refractivity (Wildman–Crippen MR) is 114 cm³/mol. The number of anilines is 2. The molecule has 30 heavy (non-hydrogen) atoms. The van der Waals surface area contributed by atoms with Crippen molar-refractivity contribution in [2.24, 2.45) is 0 Å². The van der Waals surface area contributed by atoms with Gasteiger partial charge in [-0.05, 0) is 48.7 Å². The van der Waals surface area contributed by atoms with Crippen LogP contribution in [0.3, 0.4) is 0 Å². The quantitative estimate of drug-likeness (QED) is 0.666. The highest BCUT2D eigenvalue weighted by molar-refractivity contribution is 5.59. The van der Waals surface area contributed by atoms with Crippen LogP contribution in [-0.4, -0.2) is 41.4 Å². The SMILES string of the molecule is Cc1c(Cc2ccc(F)cc2)nnc(N2CCN(c3ccncc3C#N)CC2)c1C. The third-order valence-corrected chi connectivity index (χ3v) is 5.72. The Morgan fingerprint density at radius 2 is 1.67 bits per heavy atom. The zero-order chi connectivity index (χ0) is 21.1. The number of halogens is 1. The van der Waals surface area contributed by atoms with Gasteiger partial charge in [0, 0.05) is 45.0 Å². The van der Waals surface area contributed by atoms with Crippen molar-refractivity contribution in [2.45, 2.75) is 20.3 Å². The summed E-state index contributed by atoms with van der Waals surface area (Å²) in [5.74, 6) is 0.672. The molecule has 0 saturated carbocycles. The summed E-state index contributed by atoms with van der Waals surface area (Å²) in [6, 6.07) is 10.6. The largest absolute Gasteiger partial charge is 0.367 e. The number of nitrogens with zero attached hydrogens (tertiary/aromatic N) is 6. The zero-order valence-electron chi connectivity index (χ0n) is 17.1. The molecule has 1 aliphatic rings. The third-order valence-electron chi connectivity index (χ3n) is 5.72. The lowest BCUT2D eigenvalue weighted by atomic mass is 10.0. The van der Waals surface area contributed by atoms with Crippen LogP contribution in [0.1, 0.15) is 27.9 Å². The van der Waals surface area contributed by atoms with Crippen molar-refractivity contribution in [1.29, 1.82) is 5.26 Å². The minimum atomic E-state index is -0.235. The second-order valence-corrected chi connectivity index (χ2v) is 7.50. The average molecular weight is 402 g/mol. The number of hydrogen-bond donors (Lipinski definition) is 0. The third kappa shape index (κ3) is 3.94. The second-order valence-electron chi connectivity index (χ2n) is 7.50. The van der Waals surface area contributed by atoms with E-state index in [-0.39, 0.29) is 5.82 Å². The van der Waals surface area contributed by atoms with E-state index >= 15 is 0 Å². The maximum atomic E-state index is 13.2. The van der Waals surface area contributed by atoms with E-state index in [0.717, 1.165) is 60.1 Å². The smallest absolute Gasteiger partial charge is 0.154 e. The van der Waals surface area contributed by atoms with E-state index in [9.17, 15) is 9.65 Å². The summed E-state index contributed by atoms with van der Waals surface area (Å²) in [5, 5.41) is 18.3. The summed E-state index contributed by atoms with van der Waals surface area (Å²) in [5.41, 5.74) is 5.70. The number of rotatable bonds is 4. The van der Waals surface area contributed by atoms with Crippen LogP contribution in [0.5, 0.6) is 0 Å². The molecule has 4 rings (SSSR count). The summed E-state index contributed by atoms with van der Waals surface area (Å²) in [6.45, 7) is 7.36. The number of hydrogen-bond acceptors (Lipinski definition) is 6. The molecule has 0 spiro atoms. The Morgan fingerprint density at radius 1 is 0.967 bits per heavy atom. The average Bonchev–Trinajstić information content (AvgIpc) is 2.79. The molecule has 0 unspecified atom stereocenters. The molecule has 0 atom stereocenters. The first kappa shape index (κ1) is 19.8. The van der Waals surface area contributed by atoms with Gasteiger partial charge >= 0.3 is 0 Å². The fourth-order valence-electron chi connectivity index (χ4n) is 3.81. The van der Waals surface area contributed by atoms with Gasteiger partial charge in [0.05, 0.1) is 16.9 Å². The Hall–Kier alpha value is -3.53. The number of benzene rings is 1. The lowest BCUT2D eigenvalue weighted by Gasteiger charge is -2.37. The topological polar surface area (TPSA) is 68.9 Å². The molecule has 0 bridgehead atoms. The van der Waals surface area contributed by atoms with Gasteiger partial charge in [0.25, 0.3) is 0 Å². The first-order valence-corrected chi connectivity index (χ1v) is 9.98. The van der Waals surface area contributed by atoms with Gasteiger partial charge in [-0.3, -0.25) is 4.98 Å². The standard InChI is InChI=1S/C23H23FN6/c1-16-17(2)23(28-27-21(16)13-18-3-5-20(24)6-4-18)30-11-9-29(10-12-30)22-7-8-26-15-19(22)14-25/h3-8,15H,9-13H2,1-2H3. The van der Waals surface area contributed by atoms with Gasteiger partial charge in [-0.2, -0.15) is 10.4 Å². The summed E-state index contributed by atoms with van der Waals surface area (Å²) in [7, 11) is 0. The van der Waals surface area contributed by atoms with Crippen molar-refractivity contribution < 1.29 is 4.39 Å². The number of pyridine rings is 1. The van der Waals surface area contributed by atoms with E-state index in [2.05, 4.69) is 44.9 Å². The van der Waals surface area contributed by atoms with Gasteiger partial charge in [-0.15, -0.1) is 5.10 Å². The molecule has 6 nitrogen and oxygen atoms in total. The van der Waals surface area contributed by atoms with Crippen molar-refractivity contribution in [2.75, 3.05) is 36.0 Å². The Bertz CT molecular complexity index is 1080. The van der Waals surface area contributed by atoms with Crippen LogP contribution in [0.25, 0.3) is 0 Å². The maximum absolute atomic E-state index is 13.2. The molecule has 1 aliphatic heterocycles. The van der Waals surface area contributed by atoms with E-state index < -0.39 is 0 Å². The Morgan fingerprint density at radius 3 is 2.37 bits per heavy atom. The zero-order valence-corrected chi connectivity index (χ0v) is 17.1. The van der Waals surface area contributed by atoms with E-state index in [0.29, 0.717) is 12.0 Å². The van der Waals surface area contributed by atoms with Crippen LogP contribution < -0.4 is 9.80 Å².